The highest BCUT2D eigenvalue weighted by Crippen LogP contribution is 2.04. The molecule has 0 radical (unpaired) electrons. The van der Waals surface area contributed by atoms with Gasteiger partial charge in [-0.25, -0.2) is 0 Å². The number of aryl methyl sites for hydroxylation is 2. The molecule has 21 heavy (non-hydrogen) atoms. The Bertz CT molecular complexity index is 649. The van der Waals surface area contributed by atoms with Gasteiger partial charge in [0.05, 0.1) is 0 Å². The van der Waals surface area contributed by atoms with Crippen molar-refractivity contribution >= 4 is 11.9 Å². The van der Waals surface area contributed by atoms with E-state index < -0.39 is 5.97 Å². The van der Waals surface area contributed by atoms with Crippen molar-refractivity contribution in [3.63, 3.8) is 0 Å². The van der Waals surface area contributed by atoms with Gasteiger partial charge >= 0.3 is 5.97 Å². The topological polar surface area (TPSA) is 81.4 Å². The van der Waals surface area contributed by atoms with Crippen molar-refractivity contribution in [3.8, 4) is 0 Å². The Morgan fingerprint density at radius 3 is 2.76 bits per heavy atom. The molecule has 0 aliphatic heterocycles. The normalized spacial score (nSPS) is 10.2. The number of benzene rings is 1. The number of nitrogens with zero attached hydrogens (tertiary/aromatic N) is 1. The monoisotopic (exact) mass is 288 g/mol. The van der Waals surface area contributed by atoms with E-state index in [-0.39, 0.29) is 19.1 Å². The van der Waals surface area contributed by atoms with Gasteiger partial charge in [0.2, 0.25) is 0 Å². The molecule has 0 fully saturated rings. The molecule has 0 spiro atoms. The van der Waals surface area contributed by atoms with Crippen molar-refractivity contribution in [1.82, 2.24) is 10.5 Å². The summed E-state index contributed by atoms with van der Waals surface area (Å²) in [4.78, 5) is 23.4. The van der Waals surface area contributed by atoms with E-state index in [1.54, 1.807) is 31.2 Å². The van der Waals surface area contributed by atoms with Gasteiger partial charge in [-0.2, -0.15) is 0 Å². The van der Waals surface area contributed by atoms with Gasteiger partial charge < -0.3 is 14.6 Å². The van der Waals surface area contributed by atoms with E-state index in [9.17, 15) is 9.59 Å². The molecule has 2 rings (SSSR count). The van der Waals surface area contributed by atoms with Crippen molar-refractivity contribution in [3.05, 3.63) is 52.9 Å². The molecule has 2 aromatic rings. The molecule has 1 N–H and O–H groups in total. The highest BCUT2D eigenvalue weighted by Gasteiger charge is 2.10. The molecule has 0 unspecified atom stereocenters. The zero-order valence-corrected chi connectivity index (χ0v) is 11.9. The minimum absolute atomic E-state index is 0.0243. The molecule has 0 aliphatic rings. The van der Waals surface area contributed by atoms with Crippen LogP contribution in [-0.4, -0.2) is 23.6 Å². The first kappa shape index (κ1) is 14.8. The van der Waals surface area contributed by atoms with Crippen molar-refractivity contribution in [2.24, 2.45) is 0 Å². The van der Waals surface area contributed by atoms with E-state index in [0.717, 1.165) is 5.56 Å². The van der Waals surface area contributed by atoms with Crippen LogP contribution in [0.15, 0.2) is 34.9 Å². The zero-order valence-electron chi connectivity index (χ0n) is 11.9. The van der Waals surface area contributed by atoms with Crippen molar-refractivity contribution in [2.75, 3.05) is 6.54 Å². The lowest BCUT2D eigenvalue weighted by molar-refractivity contribution is -0.143. The minimum Gasteiger partial charge on any atom is -0.458 e. The average molecular weight is 288 g/mol. The quantitative estimate of drug-likeness (QED) is 0.848. The third-order valence-electron chi connectivity index (χ3n) is 2.73. The summed E-state index contributed by atoms with van der Waals surface area (Å²) in [6.07, 6.45) is 0. The smallest absolute Gasteiger partial charge is 0.325 e. The van der Waals surface area contributed by atoms with E-state index >= 15 is 0 Å². The second-order valence-corrected chi connectivity index (χ2v) is 4.64. The van der Waals surface area contributed by atoms with E-state index in [2.05, 4.69) is 10.5 Å². The van der Waals surface area contributed by atoms with Crippen LogP contribution < -0.4 is 5.32 Å². The van der Waals surface area contributed by atoms with Gasteiger partial charge in [0, 0.05) is 11.6 Å². The summed E-state index contributed by atoms with van der Waals surface area (Å²) in [6, 6.07) is 8.80. The van der Waals surface area contributed by atoms with Crippen LogP contribution in [0.25, 0.3) is 0 Å². The fourth-order valence-electron chi connectivity index (χ4n) is 1.73. The highest BCUT2D eigenvalue weighted by molar-refractivity contribution is 5.96. The number of nitrogens with one attached hydrogen (secondary N) is 1. The number of aromatic nitrogens is 1. The lowest BCUT2D eigenvalue weighted by atomic mass is 10.1. The second-order valence-electron chi connectivity index (χ2n) is 4.64. The molecule has 6 nitrogen and oxygen atoms in total. The van der Waals surface area contributed by atoms with Crippen LogP contribution in [0.5, 0.6) is 0 Å². The van der Waals surface area contributed by atoms with E-state index in [0.29, 0.717) is 17.0 Å². The van der Waals surface area contributed by atoms with Gasteiger partial charge in [-0.1, -0.05) is 22.9 Å². The van der Waals surface area contributed by atoms with Gasteiger partial charge in [0.1, 0.15) is 24.6 Å². The molecule has 1 aromatic heterocycles. The highest BCUT2D eigenvalue weighted by atomic mass is 16.5. The molecule has 0 bridgehead atoms. The second kappa shape index (κ2) is 6.69. The van der Waals surface area contributed by atoms with Crippen molar-refractivity contribution < 1.29 is 18.8 Å². The SMILES string of the molecule is Cc1cccc(C(=O)NCC(=O)OCc2cc(C)on2)c1. The summed E-state index contributed by atoms with van der Waals surface area (Å²) in [6.45, 7) is 3.48. The van der Waals surface area contributed by atoms with Crippen LogP contribution in [-0.2, 0) is 16.1 Å². The average Bonchev–Trinajstić information content (AvgIpc) is 2.88. The number of carbonyl (C=O) groups is 2. The molecule has 1 amide bonds. The van der Waals surface area contributed by atoms with Gasteiger partial charge in [-0.3, -0.25) is 9.59 Å². The van der Waals surface area contributed by atoms with Gasteiger partial charge in [0.15, 0.2) is 0 Å². The number of hydrogen-bond donors (Lipinski definition) is 1. The van der Waals surface area contributed by atoms with E-state index in [1.807, 2.05) is 13.0 Å². The summed E-state index contributed by atoms with van der Waals surface area (Å²) in [7, 11) is 0. The van der Waals surface area contributed by atoms with Crippen LogP contribution in [0.1, 0.15) is 27.4 Å². The van der Waals surface area contributed by atoms with Crippen LogP contribution in [0.4, 0.5) is 0 Å². The fourth-order valence-corrected chi connectivity index (χ4v) is 1.73. The Balaban J connectivity index is 1.77. The molecule has 1 heterocycles. The largest absolute Gasteiger partial charge is 0.458 e. The van der Waals surface area contributed by atoms with Gasteiger partial charge in [-0.15, -0.1) is 0 Å². The molecule has 1 aromatic carbocycles. The Labute approximate surface area is 122 Å². The fraction of sp³-hybridized carbons (Fsp3) is 0.267. The molecule has 110 valence electrons. The van der Waals surface area contributed by atoms with E-state index in [1.165, 1.54) is 0 Å². The van der Waals surface area contributed by atoms with Crippen LogP contribution in [0.3, 0.4) is 0 Å². The first-order valence-corrected chi connectivity index (χ1v) is 6.47. The lowest BCUT2D eigenvalue weighted by Crippen LogP contribution is -2.30. The number of hydrogen-bond acceptors (Lipinski definition) is 5. The summed E-state index contributed by atoms with van der Waals surface area (Å²) >= 11 is 0. The van der Waals surface area contributed by atoms with Gasteiger partial charge in [-0.05, 0) is 26.0 Å². The van der Waals surface area contributed by atoms with Crippen LogP contribution in [0, 0.1) is 13.8 Å². The molecule has 0 saturated carbocycles. The Hall–Kier alpha value is -2.63. The maximum absolute atomic E-state index is 11.8. The Morgan fingerprint density at radius 1 is 1.29 bits per heavy atom. The third kappa shape index (κ3) is 4.45. The Morgan fingerprint density at radius 2 is 2.10 bits per heavy atom. The lowest BCUT2D eigenvalue weighted by Gasteiger charge is -2.06. The standard InChI is InChI=1S/C15H16N2O4/c1-10-4-3-5-12(6-10)15(19)16-8-14(18)20-9-13-7-11(2)21-17-13/h3-7H,8-9H2,1-2H3,(H,16,19). The van der Waals surface area contributed by atoms with Crippen LogP contribution >= 0.6 is 0 Å². The number of esters is 1. The van der Waals surface area contributed by atoms with Crippen molar-refractivity contribution in [1.29, 1.82) is 0 Å². The number of amides is 1. The zero-order chi connectivity index (χ0) is 15.2. The predicted octanol–water partition coefficient (Wildman–Crippen LogP) is 1.76. The van der Waals surface area contributed by atoms with Gasteiger partial charge in [0.25, 0.3) is 5.91 Å². The summed E-state index contributed by atoms with van der Waals surface area (Å²) in [5, 5.41) is 6.21. The first-order chi connectivity index (χ1) is 10.0. The van der Waals surface area contributed by atoms with E-state index in [4.69, 9.17) is 9.26 Å². The van der Waals surface area contributed by atoms with Crippen LogP contribution in [0.2, 0.25) is 0 Å². The maximum atomic E-state index is 11.8. The Kier molecular flexibility index (Phi) is 4.71. The number of rotatable bonds is 5. The molecule has 0 saturated heterocycles. The summed E-state index contributed by atoms with van der Waals surface area (Å²) in [5.41, 5.74) is 2.02. The summed E-state index contributed by atoms with van der Waals surface area (Å²) < 4.78 is 9.83. The van der Waals surface area contributed by atoms with Crippen molar-refractivity contribution in [2.45, 2.75) is 20.5 Å². The first-order valence-electron chi connectivity index (χ1n) is 6.47. The molecular formula is C15H16N2O4. The third-order valence-corrected chi connectivity index (χ3v) is 2.73. The predicted molar refractivity (Wildman–Crippen MR) is 74.5 cm³/mol. The maximum Gasteiger partial charge on any atom is 0.325 e. The number of ether oxygens (including phenoxy) is 1. The molecule has 6 heteroatoms. The molecular weight excluding hydrogens is 272 g/mol. The molecule has 0 atom stereocenters. The summed E-state index contributed by atoms with van der Waals surface area (Å²) in [5.74, 6) is -0.196. The molecule has 0 aliphatic carbocycles. The number of carbonyl (C=O) groups excluding carboxylic acids is 2. The minimum atomic E-state index is -0.531.